The molecule has 47 heavy (non-hydrogen) atoms. The quantitative estimate of drug-likeness (QED) is 0.0839. The molecule has 19 nitrogen and oxygen atoms in total. The normalized spacial score (nSPS) is 22.9. The van der Waals surface area contributed by atoms with E-state index in [1.807, 2.05) is 0 Å². The predicted octanol–water partition coefficient (Wildman–Crippen LogP) is 2.99. The van der Waals surface area contributed by atoms with Crippen molar-refractivity contribution < 1.29 is 66.3 Å². The lowest BCUT2D eigenvalue weighted by atomic mass is 10.0. The lowest BCUT2D eigenvalue weighted by Gasteiger charge is -2.20. The van der Waals surface area contributed by atoms with Crippen LogP contribution in [-0.2, 0) is 51.6 Å². The van der Waals surface area contributed by atoms with E-state index in [0.29, 0.717) is 30.7 Å². The van der Waals surface area contributed by atoms with Crippen molar-refractivity contribution in [3.8, 4) is 0 Å². The first-order chi connectivity index (χ1) is 22.4. The van der Waals surface area contributed by atoms with Gasteiger partial charge in [0, 0.05) is 6.61 Å². The molecule has 4 rings (SSSR count). The van der Waals surface area contributed by atoms with Gasteiger partial charge in [-0.25, -0.2) is 14.3 Å². The van der Waals surface area contributed by atoms with Crippen molar-refractivity contribution >= 4 is 54.6 Å². The molecule has 21 heteroatoms. The van der Waals surface area contributed by atoms with E-state index in [-0.39, 0.29) is 17.0 Å². The summed E-state index contributed by atoms with van der Waals surface area (Å²) in [4.78, 5) is 44.0. The number of hydrogen-bond donors (Lipinski definition) is 2. The molecule has 2 fully saturated rings. The number of halogens is 1. The fraction of sp³-hybridized carbons (Fsp3) is 0.692. The van der Waals surface area contributed by atoms with E-state index in [2.05, 4.69) is 20.4 Å². The monoisotopic (exact) mass is 709 g/mol. The lowest BCUT2D eigenvalue weighted by molar-refractivity contribution is -0.116. The van der Waals surface area contributed by atoms with Gasteiger partial charge in [-0.3, -0.25) is 13.6 Å². The van der Waals surface area contributed by atoms with E-state index in [1.165, 1.54) is 10.9 Å². The largest absolute Gasteiger partial charge is 0.510 e. The number of carbonyl (C=O) groups is 3. The number of aromatic nitrogens is 4. The van der Waals surface area contributed by atoms with E-state index in [1.54, 1.807) is 27.7 Å². The zero-order valence-corrected chi connectivity index (χ0v) is 27.7. The zero-order chi connectivity index (χ0) is 34.1. The fourth-order valence-electron chi connectivity index (χ4n) is 4.47. The van der Waals surface area contributed by atoms with Crippen LogP contribution in [0.1, 0.15) is 40.3 Å². The summed E-state index contributed by atoms with van der Waals surface area (Å²) in [5.41, 5.74) is 0.246. The molecule has 0 radical (unpaired) electrons. The third-order valence-electron chi connectivity index (χ3n) is 6.56. The van der Waals surface area contributed by atoms with Crippen molar-refractivity contribution in [3.63, 3.8) is 0 Å². The number of fused-ring (bicyclic) bond motifs is 1. The molecule has 2 aromatic heterocycles. The first-order valence-corrected chi connectivity index (χ1v) is 16.7. The van der Waals surface area contributed by atoms with E-state index in [9.17, 15) is 24.1 Å². The summed E-state index contributed by atoms with van der Waals surface area (Å²) in [5, 5.41) is 18.9. The SMILES string of the molecule is CC(C)OC(=O)OCOP(=O)(COC[C@H]1O[C@@H](n2ncc3c(N[C@H]4CCOC4)nc(Cl)nc32)[C@H](C=O)[C@@H]1O)OCOC(=O)OC(C)C. The zero-order valence-electron chi connectivity index (χ0n) is 26.0. The van der Waals surface area contributed by atoms with Crippen LogP contribution in [0.3, 0.4) is 0 Å². The number of hydrogen-bond acceptors (Lipinski definition) is 18. The van der Waals surface area contributed by atoms with Crippen LogP contribution in [0.4, 0.5) is 15.4 Å². The van der Waals surface area contributed by atoms with Crippen LogP contribution in [-0.4, -0.2) is 114 Å². The van der Waals surface area contributed by atoms with Gasteiger partial charge >= 0.3 is 19.9 Å². The Hall–Kier alpha value is -3.16. The van der Waals surface area contributed by atoms with Crippen LogP contribution < -0.4 is 5.32 Å². The Labute approximate surface area is 273 Å². The molecule has 5 atom stereocenters. The average molecular weight is 710 g/mol. The lowest BCUT2D eigenvalue weighted by Crippen LogP contribution is -2.31. The number of aliphatic hydroxyl groups is 1. The minimum absolute atomic E-state index is 0.00565. The Balaban J connectivity index is 1.41. The summed E-state index contributed by atoms with van der Waals surface area (Å²) in [7, 11) is -4.28. The topological polar surface area (TPSA) is 227 Å². The van der Waals surface area contributed by atoms with Crippen molar-refractivity contribution in [1.29, 1.82) is 0 Å². The third-order valence-corrected chi connectivity index (χ3v) is 8.23. The van der Waals surface area contributed by atoms with E-state index >= 15 is 0 Å². The molecule has 2 N–H and O–H groups in total. The maximum atomic E-state index is 13.3. The van der Waals surface area contributed by atoms with Crippen LogP contribution in [0.2, 0.25) is 5.28 Å². The molecule has 0 spiro atoms. The maximum Gasteiger partial charge on any atom is 0.510 e. The van der Waals surface area contributed by atoms with Crippen molar-refractivity contribution in [2.45, 2.75) is 70.8 Å². The Morgan fingerprint density at radius 1 is 1.15 bits per heavy atom. The number of aliphatic hydroxyl groups excluding tert-OH is 1. The molecule has 2 saturated heterocycles. The number of carbonyl (C=O) groups excluding carboxylic acids is 3. The standard InChI is InChI=1S/C26H37ClN5O14P/c1-14(2)44-25(35)40-11-42-47(37,43-12-41-26(36)45-15(3)4)13-39-10-19-20(34)18(8-33)23(46-19)32-22-17(7-28-32)21(30-24(27)31-22)29-16-5-6-38-9-16/h7-8,14-16,18-20,23,34H,5-6,9-13H2,1-4H3,(H,29,30,31)/t16-,18+,19+,20-,23+/m0/s1. The van der Waals surface area contributed by atoms with Crippen molar-refractivity contribution in [2.24, 2.45) is 5.92 Å². The summed E-state index contributed by atoms with van der Waals surface area (Å²) < 4.78 is 60.8. The molecule has 0 aliphatic carbocycles. The summed E-state index contributed by atoms with van der Waals surface area (Å²) in [5.74, 6) is -0.693. The van der Waals surface area contributed by atoms with Crippen LogP contribution in [0.15, 0.2) is 6.20 Å². The minimum atomic E-state index is -4.28. The summed E-state index contributed by atoms with van der Waals surface area (Å²) in [6.45, 7) is 5.34. The molecule has 2 aliphatic rings. The Morgan fingerprint density at radius 2 is 1.81 bits per heavy atom. The van der Waals surface area contributed by atoms with Gasteiger partial charge in [-0.2, -0.15) is 15.1 Å². The molecule has 0 saturated carbocycles. The molecule has 2 aromatic rings. The molecule has 0 aromatic carbocycles. The Bertz CT molecular complexity index is 1390. The average Bonchev–Trinajstić information content (AvgIpc) is 3.71. The van der Waals surface area contributed by atoms with Crippen LogP contribution in [0, 0.1) is 5.92 Å². The second-order valence-electron chi connectivity index (χ2n) is 10.9. The van der Waals surface area contributed by atoms with Gasteiger partial charge in [0.1, 0.15) is 24.6 Å². The number of nitrogens with one attached hydrogen (secondary N) is 1. The molecular formula is C26H37ClN5O14P. The highest BCUT2D eigenvalue weighted by atomic mass is 35.5. The number of aldehydes is 1. The summed E-state index contributed by atoms with van der Waals surface area (Å²) in [6.07, 6.45) is -4.79. The molecule has 262 valence electrons. The minimum Gasteiger partial charge on any atom is -0.432 e. The van der Waals surface area contributed by atoms with Gasteiger partial charge < -0.3 is 48.4 Å². The van der Waals surface area contributed by atoms with Crippen molar-refractivity contribution in [2.75, 3.05) is 45.1 Å². The molecule has 0 amide bonds. The van der Waals surface area contributed by atoms with Gasteiger partial charge in [0.05, 0.1) is 55.1 Å². The van der Waals surface area contributed by atoms with Gasteiger partial charge in [0.15, 0.2) is 11.9 Å². The van der Waals surface area contributed by atoms with Gasteiger partial charge in [-0.1, -0.05) is 0 Å². The second-order valence-corrected chi connectivity index (χ2v) is 13.2. The summed E-state index contributed by atoms with van der Waals surface area (Å²) in [6, 6.07) is 0.00565. The predicted molar refractivity (Wildman–Crippen MR) is 158 cm³/mol. The highest BCUT2D eigenvalue weighted by Gasteiger charge is 2.46. The molecule has 0 bridgehead atoms. The first kappa shape index (κ1) is 36.7. The highest BCUT2D eigenvalue weighted by Crippen LogP contribution is 2.48. The Morgan fingerprint density at radius 3 is 2.38 bits per heavy atom. The Kier molecular flexibility index (Phi) is 13.1. The van der Waals surface area contributed by atoms with E-state index < -0.39 is 83.0 Å². The number of nitrogens with zero attached hydrogens (tertiary/aromatic N) is 4. The van der Waals surface area contributed by atoms with Crippen molar-refractivity contribution in [3.05, 3.63) is 11.5 Å². The smallest absolute Gasteiger partial charge is 0.432 e. The highest BCUT2D eigenvalue weighted by molar-refractivity contribution is 7.53. The van der Waals surface area contributed by atoms with Gasteiger partial charge in [0.2, 0.25) is 18.9 Å². The van der Waals surface area contributed by atoms with Crippen LogP contribution >= 0.6 is 19.2 Å². The van der Waals surface area contributed by atoms with E-state index in [4.69, 9.17) is 53.8 Å². The number of ether oxygens (including phenoxy) is 7. The maximum absolute atomic E-state index is 13.3. The third kappa shape index (κ3) is 10.2. The molecule has 0 unspecified atom stereocenters. The van der Waals surface area contributed by atoms with Gasteiger partial charge in [0.25, 0.3) is 0 Å². The second kappa shape index (κ2) is 16.8. The molecule has 2 aliphatic heterocycles. The molecular weight excluding hydrogens is 673 g/mol. The molecule has 4 heterocycles. The van der Waals surface area contributed by atoms with Gasteiger partial charge in [-0.05, 0) is 45.7 Å². The van der Waals surface area contributed by atoms with E-state index in [0.717, 1.165) is 6.42 Å². The van der Waals surface area contributed by atoms with Crippen LogP contribution in [0.25, 0.3) is 11.0 Å². The fourth-order valence-corrected chi connectivity index (χ4v) is 5.61. The number of anilines is 1. The van der Waals surface area contributed by atoms with Crippen LogP contribution in [0.5, 0.6) is 0 Å². The summed E-state index contributed by atoms with van der Waals surface area (Å²) >= 11 is 6.20. The first-order valence-electron chi connectivity index (χ1n) is 14.6. The van der Waals surface area contributed by atoms with Crippen molar-refractivity contribution in [1.82, 2.24) is 19.7 Å². The number of rotatable bonds is 16. The van der Waals surface area contributed by atoms with Gasteiger partial charge in [-0.15, -0.1) is 0 Å².